The molecule has 0 radical (unpaired) electrons. The third-order valence-electron chi connectivity index (χ3n) is 5.39. The van der Waals surface area contributed by atoms with E-state index in [2.05, 4.69) is 5.32 Å². The number of nitrogens with one attached hydrogen (secondary N) is 1. The Bertz CT molecular complexity index is 1070. The maximum absolute atomic E-state index is 13.1. The third kappa shape index (κ3) is 5.12. The number of carbonyl (C=O) groups is 1. The fraction of sp³-hybridized carbons (Fsp3) is 0.435. The van der Waals surface area contributed by atoms with Crippen LogP contribution in [0.5, 0.6) is 11.5 Å². The number of benzene rings is 2. The van der Waals surface area contributed by atoms with Crippen molar-refractivity contribution in [1.82, 2.24) is 5.32 Å². The van der Waals surface area contributed by atoms with Crippen LogP contribution in [-0.4, -0.2) is 39.8 Å². The van der Waals surface area contributed by atoms with Crippen LogP contribution in [0.15, 0.2) is 36.4 Å². The van der Waals surface area contributed by atoms with Gasteiger partial charge in [0.05, 0.1) is 25.1 Å². The van der Waals surface area contributed by atoms with Crippen molar-refractivity contribution in [1.29, 1.82) is 0 Å². The first-order valence-corrected chi connectivity index (χ1v) is 12.0. The summed E-state index contributed by atoms with van der Waals surface area (Å²) < 4.78 is 37.7. The van der Waals surface area contributed by atoms with Gasteiger partial charge in [0.15, 0.2) is 0 Å². The zero-order valence-electron chi connectivity index (χ0n) is 18.9. The summed E-state index contributed by atoms with van der Waals surface area (Å²) in [6.07, 6.45) is 1.66. The van der Waals surface area contributed by atoms with Crippen molar-refractivity contribution in [3.05, 3.63) is 53.1 Å². The molecule has 7 nitrogen and oxygen atoms in total. The second-order valence-electron chi connectivity index (χ2n) is 8.60. The van der Waals surface area contributed by atoms with Crippen molar-refractivity contribution < 1.29 is 22.7 Å². The maximum Gasteiger partial charge on any atom is 0.241 e. The Morgan fingerprint density at radius 1 is 1.23 bits per heavy atom. The minimum atomic E-state index is -3.67. The van der Waals surface area contributed by atoms with Gasteiger partial charge in [0, 0.05) is 12.0 Å². The molecule has 0 spiro atoms. The second-order valence-corrected chi connectivity index (χ2v) is 10.5. The number of anilines is 1. The molecule has 1 N–H and O–H groups in total. The molecule has 0 fully saturated rings. The van der Waals surface area contributed by atoms with E-state index in [4.69, 9.17) is 9.47 Å². The van der Waals surface area contributed by atoms with Crippen LogP contribution in [-0.2, 0) is 14.8 Å². The van der Waals surface area contributed by atoms with Gasteiger partial charge in [-0.15, -0.1) is 0 Å². The number of ether oxygens (including phenoxy) is 2. The molecule has 0 bridgehead atoms. The van der Waals surface area contributed by atoms with Crippen LogP contribution in [0.4, 0.5) is 5.69 Å². The van der Waals surface area contributed by atoms with Crippen molar-refractivity contribution in [2.24, 2.45) is 0 Å². The molecule has 168 valence electrons. The van der Waals surface area contributed by atoms with E-state index in [1.165, 1.54) is 4.31 Å². The fourth-order valence-corrected chi connectivity index (χ4v) is 4.99. The molecule has 1 heterocycles. The highest BCUT2D eigenvalue weighted by Gasteiger charge is 2.35. The van der Waals surface area contributed by atoms with Crippen molar-refractivity contribution in [3.8, 4) is 11.5 Å². The highest BCUT2D eigenvalue weighted by atomic mass is 32.2. The number of amides is 1. The number of sulfonamides is 1. The summed E-state index contributed by atoms with van der Waals surface area (Å²) in [6, 6.07) is 10.7. The van der Waals surface area contributed by atoms with E-state index in [1.54, 1.807) is 7.11 Å². The Morgan fingerprint density at radius 2 is 1.87 bits per heavy atom. The average Bonchev–Trinajstić information content (AvgIpc) is 2.65. The molecular weight excluding hydrogens is 416 g/mol. The van der Waals surface area contributed by atoms with Crippen LogP contribution in [0.25, 0.3) is 0 Å². The van der Waals surface area contributed by atoms with E-state index >= 15 is 0 Å². The van der Waals surface area contributed by atoms with E-state index in [9.17, 15) is 13.2 Å². The van der Waals surface area contributed by atoms with Gasteiger partial charge in [-0.3, -0.25) is 9.10 Å². The number of methoxy groups -OCH3 is 1. The monoisotopic (exact) mass is 446 g/mol. The number of carbonyl (C=O) groups excluding carboxylic acids is 1. The SMILES string of the molecule is COc1ccc2c(c1)[C@H](NC(=O)CN(c1c(C)cccc1C)S(C)(=O)=O)CC(C)(C)O2. The minimum Gasteiger partial charge on any atom is -0.497 e. The molecule has 8 heteroatoms. The molecule has 2 aromatic rings. The van der Waals surface area contributed by atoms with Crippen molar-refractivity contribution in [2.45, 2.75) is 45.8 Å². The van der Waals surface area contributed by atoms with Gasteiger partial charge in [-0.25, -0.2) is 8.42 Å². The predicted octanol–water partition coefficient (Wildman–Crippen LogP) is 3.50. The third-order valence-corrected chi connectivity index (χ3v) is 6.50. The summed E-state index contributed by atoms with van der Waals surface area (Å²) in [5.41, 5.74) is 2.45. The Kier molecular flexibility index (Phi) is 6.23. The zero-order valence-corrected chi connectivity index (χ0v) is 19.7. The number of hydrogen-bond acceptors (Lipinski definition) is 5. The first kappa shape index (κ1) is 22.9. The Morgan fingerprint density at radius 3 is 2.45 bits per heavy atom. The van der Waals surface area contributed by atoms with E-state index in [0.717, 1.165) is 22.9 Å². The molecule has 31 heavy (non-hydrogen) atoms. The van der Waals surface area contributed by atoms with Gasteiger partial charge in [0.1, 0.15) is 23.6 Å². The zero-order chi connectivity index (χ0) is 23.0. The number of nitrogens with zero attached hydrogens (tertiary/aromatic N) is 1. The average molecular weight is 447 g/mol. The Hall–Kier alpha value is -2.74. The molecular formula is C23H30N2O5S. The topological polar surface area (TPSA) is 84.9 Å². The molecule has 0 saturated carbocycles. The summed E-state index contributed by atoms with van der Waals surface area (Å²) >= 11 is 0. The molecule has 3 rings (SSSR count). The van der Waals surface area contributed by atoms with Gasteiger partial charge in [-0.05, 0) is 57.0 Å². The predicted molar refractivity (Wildman–Crippen MR) is 121 cm³/mol. The van der Waals surface area contributed by atoms with Crippen LogP contribution in [0.3, 0.4) is 0 Å². The standard InChI is InChI=1S/C23H30N2O5S/c1-15-8-7-9-16(2)22(15)25(31(6,27)28)14-21(26)24-19-13-23(3,4)30-20-11-10-17(29-5)12-18(19)20/h7-12,19H,13-14H2,1-6H3,(H,24,26)/t19-/m1/s1. The van der Waals surface area contributed by atoms with Gasteiger partial charge >= 0.3 is 0 Å². The minimum absolute atomic E-state index is 0.304. The van der Waals surface area contributed by atoms with Gasteiger partial charge in [-0.1, -0.05) is 18.2 Å². The molecule has 2 aromatic carbocycles. The summed E-state index contributed by atoms with van der Waals surface area (Å²) in [7, 11) is -2.08. The largest absolute Gasteiger partial charge is 0.497 e. The molecule has 1 amide bonds. The fourth-order valence-electron chi connectivity index (χ4n) is 4.02. The summed E-state index contributed by atoms with van der Waals surface area (Å²) in [6.45, 7) is 7.28. The summed E-state index contributed by atoms with van der Waals surface area (Å²) in [4.78, 5) is 13.1. The highest BCUT2D eigenvalue weighted by molar-refractivity contribution is 7.92. The lowest BCUT2D eigenvalue weighted by molar-refractivity contribution is -0.120. The highest BCUT2D eigenvalue weighted by Crippen LogP contribution is 2.41. The van der Waals surface area contributed by atoms with Gasteiger partial charge < -0.3 is 14.8 Å². The summed E-state index contributed by atoms with van der Waals surface area (Å²) in [5.74, 6) is 0.955. The number of rotatable bonds is 6. The van der Waals surface area contributed by atoms with E-state index in [1.807, 2.05) is 64.1 Å². The van der Waals surface area contributed by atoms with Crippen LogP contribution in [0.1, 0.15) is 43.0 Å². The Balaban J connectivity index is 1.90. The lowest BCUT2D eigenvalue weighted by Crippen LogP contribution is -2.45. The summed E-state index contributed by atoms with van der Waals surface area (Å²) in [5, 5.41) is 3.01. The Labute approximate surface area is 184 Å². The van der Waals surface area contributed by atoms with Crippen molar-refractivity contribution in [3.63, 3.8) is 0 Å². The molecule has 1 aliphatic heterocycles. The lowest BCUT2D eigenvalue weighted by atomic mass is 9.89. The van der Waals surface area contributed by atoms with E-state index in [0.29, 0.717) is 23.6 Å². The molecule has 0 aromatic heterocycles. The number of hydrogen-bond donors (Lipinski definition) is 1. The van der Waals surface area contributed by atoms with Gasteiger partial charge in [0.25, 0.3) is 0 Å². The smallest absolute Gasteiger partial charge is 0.241 e. The quantitative estimate of drug-likeness (QED) is 0.734. The number of aryl methyl sites for hydroxylation is 2. The number of para-hydroxylation sites is 1. The molecule has 0 saturated heterocycles. The van der Waals surface area contributed by atoms with E-state index < -0.39 is 15.6 Å². The normalized spacial score (nSPS) is 17.3. The van der Waals surface area contributed by atoms with Gasteiger partial charge in [0.2, 0.25) is 15.9 Å². The molecule has 1 atom stereocenters. The van der Waals surface area contributed by atoms with Crippen LogP contribution >= 0.6 is 0 Å². The van der Waals surface area contributed by atoms with Crippen LogP contribution in [0, 0.1) is 13.8 Å². The van der Waals surface area contributed by atoms with Crippen LogP contribution < -0.4 is 19.1 Å². The lowest BCUT2D eigenvalue weighted by Gasteiger charge is -2.38. The molecule has 0 unspecified atom stereocenters. The second kappa shape index (κ2) is 8.42. The van der Waals surface area contributed by atoms with Gasteiger partial charge in [-0.2, -0.15) is 0 Å². The van der Waals surface area contributed by atoms with Crippen LogP contribution in [0.2, 0.25) is 0 Å². The van der Waals surface area contributed by atoms with E-state index in [-0.39, 0.29) is 18.5 Å². The molecule has 1 aliphatic rings. The first-order chi connectivity index (χ1) is 14.4. The van der Waals surface area contributed by atoms with Crippen molar-refractivity contribution in [2.75, 3.05) is 24.2 Å². The van der Waals surface area contributed by atoms with Crippen molar-refractivity contribution >= 4 is 21.6 Å². The molecule has 0 aliphatic carbocycles. The maximum atomic E-state index is 13.1. The first-order valence-electron chi connectivity index (χ1n) is 10.1. The number of fused-ring (bicyclic) bond motifs is 1.